The number of rotatable bonds is 3. The molecule has 4 N–H and O–H groups in total. The summed E-state index contributed by atoms with van der Waals surface area (Å²) < 4.78 is 0.929. The van der Waals surface area contributed by atoms with Crippen LogP contribution >= 0.6 is 28.1 Å². The lowest BCUT2D eigenvalue weighted by molar-refractivity contribution is -0.121. The quantitative estimate of drug-likeness (QED) is 0.823. The van der Waals surface area contributed by atoms with Crippen molar-refractivity contribution >= 4 is 44.7 Å². The van der Waals surface area contributed by atoms with Gasteiger partial charge in [0.2, 0.25) is 5.91 Å². The number of nitrogens with two attached hydrogens (primary N) is 2. The average Bonchev–Trinajstić information content (AvgIpc) is 2.78. The summed E-state index contributed by atoms with van der Waals surface area (Å²) in [4.78, 5) is 13.7. The van der Waals surface area contributed by atoms with Crippen LogP contribution in [0.5, 0.6) is 0 Å². The number of nitrogens with zero attached hydrogens (tertiary/aromatic N) is 1. The Morgan fingerprint density at radius 3 is 2.67 bits per heavy atom. The maximum absolute atomic E-state index is 11.2. The van der Waals surface area contributed by atoms with Crippen LogP contribution < -0.4 is 16.4 Å². The third-order valence-electron chi connectivity index (χ3n) is 3.16. The predicted molar refractivity (Wildman–Crippen MR) is 79.5 cm³/mol. The normalized spacial score (nSPS) is 18.9. The molecule has 6 heteroatoms. The van der Waals surface area contributed by atoms with Gasteiger partial charge in [-0.2, -0.15) is 0 Å². The van der Waals surface area contributed by atoms with Crippen LogP contribution in [0, 0.1) is 5.92 Å². The van der Waals surface area contributed by atoms with Gasteiger partial charge in [0.25, 0.3) is 0 Å². The minimum Gasteiger partial charge on any atom is -0.389 e. The number of halogens is 1. The van der Waals surface area contributed by atoms with Gasteiger partial charge in [-0.15, -0.1) is 0 Å². The Hall–Kier alpha value is -1.14. The molecule has 1 aliphatic rings. The summed E-state index contributed by atoms with van der Waals surface area (Å²) in [7, 11) is 0. The van der Waals surface area contributed by atoms with Gasteiger partial charge in [0.05, 0.1) is 11.6 Å². The molecule has 0 radical (unpaired) electrons. The van der Waals surface area contributed by atoms with Crippen molar-refractivity contribution in [2.75, 3.05) is 18.0 Å². The highest BCUT2D eigenvalue weighted by Gasteiger charge is 2.27. The SMILES string of the molecule is NC(=O)C1CCN(c2ccc(C(N)=S)cc2Br)C1. The fourth-order valence-electron chi connectivity index (χ4n) is 2.13. The molecule has 0 aromatic heterocycles. The second kappa shape index (κ2) is 5.24. The Morgan fingerprint density at radius 1 is 1.44 bits per heavy atom. The molecular formula is C12H14BrN3OS. The Bertz CT molecular complexity index is 506. The zero-order chi connectivity index (χ0) is 13.3. The van der Waals surface area contributed by atoms with Gasteiger partial charge in [0, 0.05) is 23.1 Å². The number of anilines is 1. The number of carbonyl (C=O) groups is 1. The smallest absolute Gasteiger partial charge is 0.222 e. The molecule has 1 atom stereocenters. The van der Waals surface area contributed by atoms with Crippen LogP contribution in [-0.4, -0.2) is 24.0 Å². The third kappa shape index (κ3) is 2.64. The standard InChI is InChI=1S/C12H14BrN3OS/c13-9-5-7(12(15)18)1-2-10(9)16-4-3-8(6-16)11(14)17/h1-2,5,8H,3-4,6H2,(H2,14,17)(H2,15,18). The van der Waals surface area contributed by atoms with E-state index in [2.05, 4.69) is 20.8 Å². The van der Waals surface area contributed by atoms with E-state index >= 15 is 0 Å². The fraction of sp³-hybridized carbons (Fsp3) is 0.333. The number of amides is 1. The first-order valence-electron chi connectivity index (χ1n) is 5.62. The van der Waals surface area contributed by atoms with Crippen molar-refractivity contribution in [1.82, 2.24) is 0 Å². The molecular weight excluding hydrogens is 314 g/mol. The van der Waals surface area contributed by atoms with Gasteiger partial charge in [-0.05, 0) is 40.5 Å². The summed E-state index contributed by atoms with van der Waals surface area (Å²) in [6.07, 6.45) is 0.804. The lowest BCUT2D eigenvalue weighted by atomic mass is 10.1. The number of hydrogen-bond donors (Lipinski definition) is 2. The van der Waals surface area contributed by atoms with Crippen molar-refractivity contribution in [3.05, 3.63) is 28.2 Å². The van der Waals surface area contributed by atoms with Gasteiger partial charge in [-0.25, -0.2) is 0 Å². The summed E-state index contributed by atoms with van der Waals surface area (Å²) in [5.41, 5.74) is 12.8. The molecule has 0 saturated carbocycles. The highest BCUT2D eigenvalue weighted by molar-refractivity contribution is 9.10. The Kier molecular flexibility index (Phi) is 3.87. The van der Waals surface area contributed by atoms with Crippen molar-refractivity contribution in [2.45, 2.75) is 6.42 Å². The van der Waals surface area contributed by atoms with Gasteiger partial charge in [-0.3, -0.25) is 4.79 Å². The second-order valence-electron chi connectivity index (χ2n) is 4.36. The Balaban J connectivity index is 2.20. The topological polar surface area (TPSA) is 72.4 Å². The molecule has 1 amide bonds. The minimum atomic E-state index is -0.228. The molecule has 1 unspecified atom stereocenters. The van der Waals surface area contributed by atoms with Crippen LogP contribution in [0.25, 0.3) is 0 Å². The first-order valence-corrected chi connectivity index (χ1v) is 6.83. The molecule has 1 heterocycles. The highest BCUT2D eigenvalue weighted by atomic mass is 79.9. The molecule has 1 aromatic carbocycles. The third-order valence-corrected chi connectivity index (χ3v) is 4.03. The van der Waals surface area contributed by atoms with Crippen LogP contribution in [0.4, 0.5) is 5.69 Å². The summed E-state index contributed by atoms with van der Waals surface area (Å²) in [5, 5.41) is 0. The number of benzene rings is 1. The Labute approximate surface area is 119 Å². The van der Waals surface area contributed by atoms with E-state index in [4.69, 9.17) is 23.7 Å². The maximum Gasteiger partial charge on any atom is 0.222 e. The average molecular weight is 328 g/mol. The minimum absolute atomic E-state index is 0.0628. The predicted octanol–water partition coefficient (Wildman–Crippen LogP) is 1.39. The largest absolute Gasteiger partial charge is 0.389 e. The lowest BCUT2D eigenvalue weighted by Gasteiger charge is -2.20. The van der Waals surface area contributed by atoms with E-state index in [9.17, 15) is 4.79 Å². The maximum atomic E-state index is 11.2. The van der Waals surface area contributed by atoms with Crippen LogP contribution in [0.2, 0.25) is 0 Å². The van der Waals surface area contributed by atoms with E-state index in [-0.39, 0.29) is 11.8 Å². The molecule has 1 saturated heterocycles. The van der Waals surface area contributed by atoms with E-state index in [1.807, 2.05) is 18.2 Å². The van der Waals surface area contributed by atoms with Gasteiger partial charge in [0.1, 0.15) is 4.99 Å². The van der Waals surface area contributed by atoms with E-state index in [0.29, 0.717) is 11.5 Å². The van der Waals surface area contributed by atoms with Crippen LogP contribution in [0.1, 0.15) is 12.0 Å². The highest BCUT2D eigenvalue weighted by Crippen LogP contribution is 2.31. The molecule has 0 spiro atoms. The van der Waals surface area contributed by atoms with Crippen molar-refractivity contribution in [1.29, 1.82) is 0 Å². The zero-order valence-electron chi connectivity index (χ0n) is 9.73. The number of hydrogen-bond acceptors (Lipinski definition) is 3. The molecule has 0 bridgehead atoms. The zero-order valence-corrected chi connectivity index (χ0v) is 12.1. The van der Waals surface area contributed by atoms with Gasteiger partial charge in [-0.1, -0.05) is 12.2 Å². The summed E-state index contributed by atoms with van der Waals surface area (Å²) >= 11 is 8.44. The van der Waals surface area contributed by atoms with E-state index in [1.54, 1.807) is 0 Å². The van der Waals surface area contributed by atoms with Gasteiger partial charge >= 0.3 is 0 Å². The van der Waals surface area contributed by atoms with Crippen LogP contribution in [-0.2, 0) is 4.79 Å². The molecule has 1 fully saturated rings. The second-order valence-corrected chi connectivity index (χ2v) is 5.66. The number of primary amides is 1. The first kappa shape index (κ1) is 13.3. The molecule has 18 heavy (non-hydrogen) atoms. The first-order chi connectivity index (χ1) is 8.49. The van der Waals surface area contributed by atoms with Gasteiger partial charge < -0.3 is 16.4 Å². The summed E-state index contributed by atoms with van der Waals surface area (Å²) in [6, 6.07) is 5.75. The van der Waals surface area contributed by atoms with E-state index in [1.165, 1.54) is 0 Å². The monoisotopic (exact) mass is 327 g/mol. The van der Waals surface area contributed by atoms with Crippen molar-refractivity contribution < 1.29 is 4.79 Å². The molecule has 1 aromatic rings. The number of carbonyl (C=O) groups excluding carboxylic acids is 1. The summed E-state index contributed by atoms with van der Waals surface area (Å²) in [5.74, 6) is -0.291. The molecule has 96 valence electrons. The fourth-order valence-corrected chi connectivity index (χ4v) is 2.88. The number of thiocarbonyl (C=S) groups is 1. The molecule has 1 aliphatic heterocycles. The van der Waals surface area contributed by atoms with Crippen molar-refractivity contribution in [3.63, 3.8) is 0 Å². The van der Waals surface area contributed by atoms with Crippen LogP contribution in [0.15, 0.2) is 22.7 Å². The van der Waals surface area contributed by atoms with Crippen molar-refractivity contribution in [3.8, 4) is 0 Å². The summed E-state index contributed by atoms with van der Waals surface area (Å²) in [6.45, 7) is 1.50. The molecule has 0 aliphatic carbocycles. The lowest BCUT2D eigenvalue weighted by Crippen LogP contribution is -2.27. The van der Waals surface area contributed by atoms with Crippen LogP contribution in [0.3, 0.4) is 0 Å². The Morgan fingerprint density at radius 2 is 2.17 bits per heavy atom. The van der Waals surface area contributed by atoms with Gasteiger partial charge in [0.15, 0.2) is 0 Å². The molecule has 2 rings (SSSR count). The van der Waals surface area contributed by atoms with E-state index < -0.39 is 0 Å². The van der Waals surface area contributed by atoms with Crippen molar-refractivity contribution in [2.24, 2.45) is 17.4 Å². The van der Waals surface area contributed by atoms with E-state index in [0.717, 1.165) is 28.7 Å². The molecule has 4 nitrogen and oxygen atoms in total.